The number of nitrogens with one attached hydrogen (secondary N) is 1. The van der Waals surface area contributed by atoms with E-state index in [1.807, 2.05) is 12.1 Å². The lowest BCUT2D eigenvalue weighted by Gasteiger charge is -2.13. The van der Waals surface area contributed by atoms with Crippen LogP contribution in [0, 0.1) is 6.92 Å². The Labute approximate surface area is 135 Å². The maximum absolute atomic E-state index is 6.00. The van der Waals surface area contributed by atoms with Crippen LogP contribution in [0.4, 0.5) is 0 Å². The van der Waals surface area contributed by atoms with Crippen molar-refractivity contribution in [1.29, 1.82) is 0 Å². The van der Waals surface area contributed by atoms with Crippen LogP contribution in [-0.2, 0) is 13.2 Å². The van der Waals surface area contributed by atoms with Crippen LogP contribution in [0.1, 0.15) is 30.0 Å². The summed E-state index contributed by atoms with van der Waals surface area (Å²) in [5, 5.41) is 3.44. The van der Waals surface area contributed by atoms with Gasteiger partial charge >= 0.3 is 0 Å². The van der Waals surface area contributed by atoms with Crippen LogP contribution < -0.4 is 10.1 Å². The van der Waals surface area contributed by atoms with Gasteiger partial charge in [-0.3, -0.25) is 0 Å². The van der Waals surface area contributed by atoms with Gasteiger partial charge in [0.2, 0.25) is 0 Å². The number of rotatable bonds is 7. The summed E-state index contributed by atoms with van der Waals surface area (Å²) in [4.78, 5) is 0. The lowest BCUT2D eigenvalue weighted by atomic mass is 10.1. The fourth-order valence-corrected chi connectivity index (χ4v) is 2.62. The zero-order valence-corrected chi connectivity index (χ0v) is 14.2. The first-order valence-electron chi connectivity index (χ1n) is 7.36. The molecule has 0 aliphatic heterocycles. The van der Waals surface area contributed by atoms with Crippen molar-refractivity contribution in [2.45, 2.75) is 33.4 Å². The number of aryl methyl sites for hydroxylation is 1. The van der Waals surface area contributed by atoms with Gasteiger partial charge in [0.1, 0.15) is 12.4 Å². The third kappa shape index (κ3) is 5.18. The molecule has 0 aliphatic carbocycles. The summed E-state index contributed by atoms with van der Waals surface area (Å²) in [6.45, 7) is 6.75. The second-order valence-corrected chi connectivity index (χ2v) is 6.12. The molecule has 0 amide bonds. The van der Waals surface area contributed by atoms with E-state index in [9.17, 15) is 0 Å². The number of halogens is 1. The van der Waals surface area contributed by atoms with Gasteiger partial charge in [0.25, 0.3) is 0 Å². The monoisotopic (exact) mass is 347 g/mol. The summed E-state index contributed by atoms with van der Waals surface area (Å²) in [5.74, 6) is 0.962. The molecule has 2 nitrogen and oxygen atoms in total. The van der Waals surface area contributed by atoms with Gasteiger partial charge < -0.3 is 10.1 Å². The van der Waals surface area contributed by atoms with Crippen molar-refractivity contribution in [3.8, 4) is 5.75 Å². The highest BCUT2D eigenvalue weighted by Crippen LogP contribution is 2.22. The second-order valence-electron chi connectivity index (χ2n) is 5.21. The Morgan fingerprint density at radius 1 is 1.14 bits per heavy atom. The van der Waals surface area contributed by atoms with Crippen LogP contribution >= 0.6 is 15.9 Å². The van der Waals surface area contributed by atoms with Crippen molar-refractivity contribution in [2.24, 2.45) is 0 Å². The number of hydrogen-bond acceptors (Lipinski definition) is 2. The maximum Gasteiger partial charge on any atom is 0.124 e. The lowest BCUT2D eigenvalue weighted by Crippen LogP contribution is -2.14. The summed E-state index contributed by atoms with van der Waals surface area (Å²) in [6, 6.07) is 14.6. The summed E-state index contributed by atoms with van der Waals surface area (Å²) in [5.41, 5.74) is 3.65. The summed E-state index contributed by atoms with van der Waals surface area (Å²) >= 11 is 3.49. The normalized spacial score (nSPS) is 10.6. The van der Waals surface area contributed by atoms with Crippen LogP contribution in [0.15, 0.2) is 46.9 Å². The SMILES string of the molecule is CCCNCc1cc(C)ccc1OCc1cccc(Br)c1. The fourth-order valence-electron chi connectivity index (χ4n) is 2.17. The van der Waals surface area contributed by atoms with Gasteiger partial charge in [-0.25, -0.2) is 0 Å². The largest absolute Gasteiger partial charge is 0.489 e. The molecule has 2 aromatic rings. The van der Waals surface area contributed by atoms with E-state index in [0.717, 1.165) is 35.3 Å². The van der Waals surface area contributed by atoms with Crippen molar-refractivity contribution in [3.63, 3.8) is 0 Å². The first kappa shape index (κ1) is 16.1. The van der Waals surface area contributed by atoms with Gasteiger partial charge in [-0.1, -0.05) is 52.7 Å². The molecule has 0 radical (unpaired) electrons. The highest BCUT2D eigenvalue weighted by Gasteiger charge is 2.05. The first-order chi connectivity index (χ1) is 10.2. The second kappa shape index (κ2) is 8.20. The van der Waals surface area contributed by atoms with E-state index in [1.54, 1.807) is 0 Å². The van der Waals surface area contributed by atoms with E-state index in [2.05, 4.69) is 65.4 Å². The minimum absolute atomic E-state index is 0.587. The molecule has 0 saturated heterocycles. The molecule has 1 N–H and O–H groups in total. The van der Waals surface area contributed by atoms with Gasteiger partial charge in [0.15, 0.2) is 0 Å². The van der Waals surface area contributed by atoms with Crippen LogP contribution in [0.3, 0.4) is 0 Å². The minimum Gasteiger partial charge on any atom is -0.489 e. The molecule has 21 heavy (non-hydrogen) atoms. The van der Waals surface area contributed by atoms with Crippen molar-refractivity contribution < 1.29 is 4.74 Å². The van der Waals surface area contributed by atoms with Crippen molar-refractivity contribution in [1.82, 2.24) is 5.32 Å². The van der Waals surface area contributed by atoms with Crippen LogP contribution in [0.25, 0.3) is 0 Å². The van der Waals surface area contributed by atoms with Crippen LogP contribution in [0.2, 0.25) is 0 Å². The fraction of sp³-hybridized carbons (Fsp3) is 0.333. The van der Waals surface area contributed by atoms with Gasteiger partial charge in [-0.05, 0) is 43.7 Å². The Morgan fingerprint density at radius 3 is 2.76 bits per heavy atom. The molecule has 3 heteroatoms. The molecular weight excluding hydrogens is 326 g/mol. The topological polar surface area (TPSA) is 21.3 Å². The molecule has 0 bridgehead atoms. The van der Waals surface area contributed by atoms with E-state index in [4.69, 9.17) is 4.74 Å². The predicted octanol–water partition coefficient (Wildman–Crippen LogP) is 4.84. The average molecular weight is 348 g/mol. The molecular formula is C18H22BrNO. The highest BCUT2D eigenvalue weighted by atomic mass is 79.9. The molecule has 0 heterocycles. The number of hydrogen-bond donors (Lipinski definition) is 1. The molecule has 0 aromatic heterocycles. The summed E-state index contributed by atoms with van der Waals surface area (Å²) in [6.07, 6.45) is 1.14. The molecule has 2 rings (SSSR count). The average Bonchev–Trinajstić information content (AvgIpc) is 2.47. The standard InChI is InChI=1S/C18H22BrNO/c1-3-9-20-12-16-10-14(2)7-8-18(16)21-13-15-5-4-6-17(19)11-15/h4-8,10-11,20H,3,9,12-13H2,1-2H3. The molecule has 0 aliphatic rings. The third-order valence-corrected chi connectivity index (χ3v) is 3.73. The smallest absolute Gasteiger partial charge is 0.124 e. The number of benzene rings is 2. The van der Waals surface area contributed by atoms with Crippen molar-refractivity contribution in [3.05, 3.63) is 63.6 Å². The van der Waals surface area contributed by atoms with Gasteiger partial charge in [0, 0.05) is 16.6 Å². The summed E-state index contributed by atoms with van der Waals surface area (Å²) < 4.78 is 7.08. The Bertz CT molecular complexity index is 583. The molecule has 2 aromatic carbocycles. The van der Waals surface area contributed by atoms with E-state index < -0.39 is 0 Å². The van der Waals surface area contributed by atoms with E-state index in [0.29, 0.717) is 6.61 Å². The molecule has 112 valence electrons. The van der Waals surface area contributed by atoms with Gasteiger partial charge in [0.05, 0.1) is 0 Å². The zero-order chi connectivity index (χ0) is 15.1. The number of ether oxygens (including phenoxy) is 1. The van der Waals surface area contributed by atoms with E-state index in [1.165, 1.54) is 11.1 Å². The maximum atomic E-state index is 6.00. The summed E-state index contributed by atoms with van der Waals surface area (Å²) in [7, 11) is 0. The van der Waals surface area contributed by atoms with Crippen molar-refractivity contribution in [2.75, 3.05) is 6.54 Å². The Hall–Kier alpha value is -1.32. The molecule has 0 saturated carbocycles. The zero-order valence-electron chi connectivity index (χ0n) is 12.7. The van der Waals surface area contributed by atoms with Crippen molar-refractivity contribution >= 4 is 15.9 Å². The molecule has 0 fully saturated rings. The van der Waals surface area contributed by atoms with Gasteiger partial charge in [-0.15, -0.1) is 0 Å². The minimum atomic E-state index is 0.587. The van der Waals surface area contributed by atoms with Gasteiger partial charge in [-0.2, -0.15) is 0 Å². The Kier molecular flexibility index (Phi) is 6.27. The van der Waals surface area contributed by atoms with E-state index >= 15 is 0 Å². The highest BCUT2D eigenvalue weighted by molar-refractivity contribution is 9.10. The van der Waals surface area contributed by atoms with E-state index in [-0.39, 0.29) is 0 Å². The Balaban J connectivity index is 2.04. The molecule has 0 atom stereocenters. The lowest BCUT2D eigenvalue weighted by molar-refractivity contribution is 0.302. The quantitative estimate of drug-likeness (QED) is 0.723. The molecule has 0 unspecified atom stereocenters. The van der Waals surface area contributed by atoms with Crippen LogP contribution in [0.5, 0.6) is 5.75 Å². The third-order valence-electron chi connectivity index (χ3n) is 3.24. The first-order valence-corrected chi connectivity index (χ1v) is 8.16. The predicted molar refractivity (Wildman–Crippen MR) is 91.7 cm³/mol. The molecule has 0 spiro atoms. The Morgan fingerprint density at radius 2 is 2.00 bits per heavy atom. The van der Waals surface area contributed by atoms with Crippen LogP contribution in [-0.4, -0.2) is 6.54 Å².